The molecule has 1 atom stereocenters. The molecule has 0 aliphatic carbocycles. The average Bonchev–Trinajstić information content (AvgIpc) is 2.03. The number of hydrogen-bond donors (Lipinski definition) is 2. The minimum Gasteiger partial charge on any atom is -0.481 e. The van der Waals surface area contributed by atoms with Gasteiger partial charge in [0, 0.05) is 7.11 Å². The van der Waals surface area contributed by atoms with E-state index in [1.165, 1.54) is 21.0 Å². The summed E-state index contributed by atoms with van der Waals surface area (Å²) >= 11 is 0. The minimum atomic E-state index is -1.35. The molecule has 0 saturated carbocycles. The quantitative estimate of drug-likeness (QED) is 0.704. The van der Waals surface area contributed by atoms with Crippen LogP contribution in [0.5, 0.6) is 0 Å². The van der Waals surface area contributed by atoms with Crippen molar-refractivity contribution in [2.75, 3.05) is 13.7 Å². The second-order valence-corrected chi connectivity index (χ2v) is 4.44. The normalized spacial score (nSPS) is 16.8. The molecule has 0 rings (SSSR count). The Morgan fingerprint density at radius 2 is 1.86 bits per heavy atom. The van der Waals surface area contributed by atoms with Crippen LogP contribution < -0.4 is 0 Å². The first kappa shape index (κ1) is 13.4. The van der Waals surface area contributed by atoms with Crippen LogP contribution in [0.2, 0.25) is 0 Å². The van der Waals surface area contributed by atoms with Crippen molar-refractivity contribution in [3.05, 3.63) is 0 Å². The van der Waals surface area contributed by atoms with Gasteiger partial charge in [-0.25, -0.2) is 0 Å². The van der Waals surface area contributed by atoms with Crippen molar-refractivity contribution in [1.82, 2.24) is 0 Å². The Bertz CT molecular complexity index is 210. The highest BCUT2D eigenvalue weighted by atomic mass is 16.5. The third kappa shape index (κ3) is 2.07. The first-order valence-corrected chi connectivity index (χ1v) is 4.65. The van der Waals surface area contributed by atoms with Gasteiger partial charge in [0.05, 0.1) is 12.0 Å². The second kappa shape index (κ2) is 4.28. The lowest BCUT2D eigenvalue weighted by Gasteiger charge is -2.42. The van der Waals surface area contributed by atoms with Gasteiger partial charge in [-0.3, -0.25) is 4.79 Å². The van der Waals surface area contributed by atoms with Crippen LogP contribution in [0.4, 0.5) is 0 Å². The minimum absolute atomic E-state index is 0.0178. The van der Waals surface area contributed by atoms with Crippen LogP contribution in [0.25, 0.3) is 0 Å². The fourth-order valence-corrected chi connectivity index (χ4v) is 1.47. The summed E-state index contributed by atoms with van der Waals surface area (Å²) in [5.74, 6) is -1.21. The Hall–Kier alpha value is -0.610. The van der Waals surface area contributed by atoms with Crippen LogP contribution in [-0.2, 0) is 9.53 Å². The van der Waals surface area contributed by atoms with Crippen molar-refractivity contribution in [3.8, 4) is 0 Å². The van der Waals surface area contributed by atoms with Crippen molar-refractivity contribution in [2.24, 2.45) is 11.3 Å². The summed E-state index contributed by atoms with van der Waals surface area (Å²) in [5, 5.41) is 19.3. The molecule has 4 nitrogen and oxygen atoms in total. The number of methoxy groups -OCH3 is 1. The van der Waals surface area contributed by atoms with Crippen LogP contribution in [0.1, 0.15) is 27.7 Å². The van der Waals surface area contributed by atoms with E-state index >= 15 is 0 Å². The number of carbonyl (C=O) groups is 1. The number of aliphatic carboxylic acids is 1. The molecule has 0 bridgehead atoms. The maximum atomic E-state index is 11.0. The highest BCUT2D eigenvalue weighted by Crippen LogP contribution is 2.37. The number of carboxylic acid groups (broad SMARTS) is 1. The molecule has 0 radical (unpaired) electrons. The van der Waals surface area contributed by atoms with Crippen molar-refractivity contribution >= 4 is 5.97 Å². The molecule has 0 amide bonds. The summed E-state index contributed by atoms with van der Waals surface area (Å²) < 4.78 is 4.89. The van der Waals surface area contributed by atoms with Crippen LogP contribution in [0.3, 0.4) is 0 Å². The number of rotatable bonds is 5. The van der Waals surface area contributed by atoms with E-state index in [4.69, 9.17) is 9.84 Å². The number of hydrogen-bond acceptors (Lipinski definition) is 3. The van der Waals surface area contributed by atoms with E-state index < -0.39 is 17.0 Å². The van der Waals surface area contributed by atoms with Gasteiger partial charge < -0.3 is 14.9 Å². The molecule has 2 N–H and O–H groups in total. The lowest BCUT2D eigenvalue weighted by molar-refractivity contribution is -0.181. The van der Waals surface area contributed by atoms with Gasteiger partial charge in [0.1, 0.15) is 5.60 Å². The molecule has 0 aromatic carbocycles. The van der Waals surface area contributed by atoms with Crippen LogP contribution in [0.15, 0.2) is 0 Å². The third-order valence-electron chi connectivity index (χ3n) is 2.94. The zero-order valence-electron chi connectivity index (χ0n) is 9.50. The fraction of sp³-hybridized carbons (Fsp3) is 0.900. The van der Waals surface area contributed by atoms with Crippen LogP contribution >= 0.6 is 0 Å². The Balaban J connectivity index is 5.09. The van der Waals surface area contributed by atoms with E-state index in [1.54, 1.807) is 13.8 Å². The molecule has 0 spiro atoms. The second-order valence-electron chi connectivity index (χ2n) is 4.44. The van der Waals surface area contributed by atoms with E-state index in [9.17, 15) is 9.90 Å². The molecule has 0 aromatic heterocycles. The molecule has 0 aliphatic heterocycles. The van der Waals surface area contributed by atoms with Gasteiger partial charge in [-0.1, -0.05) is 13.8 Å². The lowest BCUT2D eigenvalue weighted by atomic mass is 9.69. The van der Waals surface area contributed by atoms with Crippen LogP contribution in [0, 0.1) is 11.3 Å². The van der Waals surface area contributed by atoms with E-state index in [-0.39, 0.29) is 12.5 Å². The maximum Gasteiger partial charge on any atom is 0.312 e. The van der Waals surface area contributed by atoms with E-state index in [0.717, 1.165) is 0 Å². The third-order valence-corrected chi connectivity index (χ3v) is 2.94. The number of aliphatic hydroxyl groups is 1. The molecule has 1 unspecified atom stereocenters. The Morgan fingerprint density at radius 3 is 2.07 bits per heavy atom. The van der Waals surface area contributed by atoms with Crippen molar-refractivity contribution < 1.29 is 19.7 Å². The van der Waals surface area contributed by atoms with Crippen molar-refractivity contribution in [1.29, 1.82) is 0 Å². The molecule has 0 heterocycles. The molecule has 0 fully saturated rings. The zero-order chi connectivity index (χ0) is 11.6. The summed E-state index contributed by atoms with van der Waals surface area (Å²) in [6.07, 6.45) is 0. The van der Waals surface area contributed by atoms with Gasteiger partial charge in [0.25, 0.3) is 0 Å². The summed E-state index contributed by atoms with van der Waals surface area (Å²) in [4.78, 5) is 11.0. The molecular formula is C10H20O4. The maximum absolute atomic E-state index is 11.0. The molecule has 4 heteroatoms. The van der Waals surface area contributed by atoms with E-state index in [2.05, 4.69) is 0 Å². The predicted molar refractivity (Wildman–Crippen MR) is 53.1 cm³/mol. The molecule has 0 aromatic rings. The molecule has 84 valence electrons. The van der Waals surface area contributed by atoms with Crippen LogP contribution in [-0.4, -0.2) is 35.5 Å². The van der Waals surface area contributed by atoms with E-state index in [1.807, 2.05) is 0 Å². The summed E-state index contributed by atoms with van der Waals surface area (Å²) in [5.41, 5.74) is -2.58. The van der Waals surface area contributed by atoms with Gasteiger partial charge in [-0.15, -0.1) is 0 Å². The van der Waals surface area contributed by atoms with E-state index in [0.29, 0.717) is 0 Å². The highest BCUT2D eigenvalue weighted by Gasteiger charge is 2.51. The van der Waals surface area contributed by atoms with Crippen molar-refractivity contribution in [3.63, 3.8) is 0 Å². The lowest BCUT2D eigenvalue weighted by Crippen LogP contribution is -2.56. The topological polar surface area (TPSA) is 66.8 Å². The van der Waals surface area contributed by atoms with Gasteiger partial charge in [-0.05, 0) is 19.8 Å². The fourth-order valence-electron chi connectivity index (χ4n) is 1.47. The summed E-state index contributed by atoms with van der Waals surface area (Å²) in [7, 11) is 1.45. The molecule has 0 saturated heterocycles. The molecule has 0 aliphatic rings. The zero-order valence-corrected chi connectivity index (χ0v) is 9.50. The number of ether oxygens (including phenoxy) is 1. The first-order chi connectivity index (χ1) is 6.20. The number of carboxylic acids is 1. The van der Waals surface area contributed by atoms with Gasteiger partial charge in [-0.2, -0.15) is 0 Å². The molecule has 14 heavy (non-hydrogen) atoms. The Morgan fingerprint density at radius 1 is 1.43 bits per heavy atom. The predicted octanol–water partition coefficient (Wildman–Crippen LogP) is 1.13. The van der Waals surface area contributed by atoms with Gasteiger partial charge >= 0.3 is 5.97 Å². The van der Waals surface area contributed by atoms with Gasteiger partial charge in [0.2, 0.25) is 0 Å². The standard InChI is InChI=1S/C10H20O4/c1-7(2)10(13,6-14-5)9(3,4)8(11)12/h7,13H,6H2,1-5H3,(H,11,12). The summed E-state index contributed by atoms with van der Waals surface area (Å²) in [6, 6.07) is 0. The smallest absolute Gasteiger partial charge is 0.312 e. The van der Waals surface area contributed by atoms with Crippen molar-refractivity contribution in [2.45, 2.75) is 33.3 Å². The summed E-state index contributed by atoms with van der Waals surface area (Å²) in [6.45, 7) is 6.60. The largest absolute Gasteiger partial charge is 0.481 e. The Kier molecular flexibility index (Phi) is 4.09. The van der Waals surface area contributed by atoms with Gasteiger partial charge in [0.15, 0.2) is 0 Å². The molecular weight excluding hydrogens is 184 g/mol. The highest BCUT2D eigenvalue weighted by molar-refractivity contribution is 5.75. The average molecular weight is 204 g/mol. The first-order valence-electron chi connectivity index (χ1n) is 4.65. The Labute approximate surface area is 84.9 Å². The monoisotopic (exact) mass is 204 g/mol. The SMILES string of the molecule is COCC(O)(C(C)C)C(C)(C)C(=O)O.